The van der Waals surface area contributed by atoms with E-state index < -0.39 is 0 Å². The number of likely N-dealkylation sites (tertiary alicyclic amines) is 1. The molecule has 2 N–H and O–H groups in total. The van der Waals surface area contributed by atoms with Crippen molar-refractivity contribution in [2.45, 2.75) is 26.3 Å². The number of hydrogen-bond donors (Lipinski definition) is 1. The highest BCUT2D eigenvalue weighted by Crippen LogP contribution is 2.26. The number of primary amides is 1. The SMILES string of the molecule is Cc1ccc(-c2nn(Cc3ccccc3)cc2C(=O)N2CCCC(C(N)=O)C2)cc1. The van der Waals surface area contributed by atoms with Gasteiger partial charge in [-0.2, -0.15) is 5.10 Å². The summed E-state index contributed by atoms with van der Waals surface area (Å²) < 4.78 is 1.81. The van der Waals surface area contributed by atoms with Crippen molar-refractivity contribution < 1.29 is 9.59 Å². The van der Waals surface area contributed by atoms with Gasteiger partial charge >= 0.3 is 0 Å². The van der Waals surface area contributed by atoms with Crippen LogP contribution >= 0.6 is 0 Å². The van der Waals surface area contributed by atoms with Crippen LogP contribution in [0.1, 0.15) is 34.3 Å². The fraction of sp³-hybridized carbons (Fsp3) is 0.292. The molecule has 3 aromatic rings. The van der Waals surface area contributed by atoms with Gasteiger partial charge in [-0.1, -0.05) is 60.2 Å². The Hall–Kier alpha value is -3.41. The zero-order valence-electron chi connectivity index (χ0n) is 17.1. The number of benzene rings is 2. The third-order valence-electron chi connectivity index (χ3n) is 5.62. The minimum atomic E-state index is -0.342. The van der Waals surface area contributed by atoms with Crippen molar-refractivity contribution in [3.05, 3.63) is 77.5 Å². The minimum Gasteiger partial charge on any atom is -0.369 e. The van der Waals surface area contributed by atoms with Crippen LogP contribution in [-0.4, -0.2) is 39.6 Å². The van der Waals surface area contributed by atoms with Gasteiger partial charge in [0.2, 0.25) is 5.91 Å². The quantitative estimate of drug-likeness (QED) is 0.711. The normalized spacial score (nSPS) is 16.4. The van der Waals surface area contributed by atoms with Crippen LogP contribution in [0, 0.1) is 12.8 Å². The van der Waals surface area contributed by atoms with Crippen LogP contribution < -0.4 is 5.73 Å². The van der Waals surface area contributed by atoms with Crippen molar-refractivity contribution in [2.75, 3.05) is 13.1 Å². The zero-order valence-corrected chi connectivity index (χ0v) is 17.1. The third kappa shape index (κ3) is 4.27. The first-order valence-corrected chi connectivity index (χ1v) is 10.3. The number of piperidine rings is 1. The molecule has 1 saturated heterocycles. The molecule has 2 amide bonds. The van der Waals surface area contributed by atoms with Crippen molar-refractivity contribution in [3.63, 3.8) is 0 Å². The van der Waals surface area contributed by atoms with E-state index in [2.05, 4.69) is 0 Å². The van der Waals surface area contributed by atoms with Crippen molar-refractivity contribution in [3.8, 4) is 11.3 Å². The molecule has 1 unspecified atom stereocenters. The Labute approximate surface area is 176 Å². The number of carbonyl (C=O) groups is 2. The molecule has 2 aromatic carbocycles. The number of carbonyl (C=O) groups excluding carboxylic acids is 2. The fourth-order valence-corrected chi connectivity index (χ4v) is 3.92. The molecular formula is C24H26N4O2. The van der Waals surface area contributed by atoms with Crippen LogP contribution in [0.15, 0.2) is 60.8 Å². The Morgan fingerprint density at radius 1 is 1.10 bits per heavy atom. The second-order valence-corrected chi connectivity index (χ2v) is 7.93. The molecule has 0 spiro atoms. The maximum absolute atomic E-state index is 13.4. The Kier molecular flexibility index (Phi) is 5.65. The summed E-state index contributed by atoms with van der Waals surface area (Å²) in [5.74, 6) is -0.730. The van der Waals surface area contributed by atoms with Gasteiger partial charge in [0.15, 0.2) is 0 Å². The molecule has 0 bridgehead atoms. The molecule has 1 fully saturated rings. The van der Waals surface area contributed by atoms with Crippen molar-refractivity contribution in [2.24, 2.45) is 11.7 Å². The lowest BCUT2D eigenvalue weighted by atomic mass is 9.96. The number of amides is 2. The summed E-state index contributed by atoms with van der Waals surface area (Å²) in [6.07, 6.45) is 3.33. The lowest BCUT2D eigenvalue weighted by molar-refractivity contribution is -0.123. The van der Waals surface area contributed by atoms with Gasteiger partial charge in [-0.3, -0.25) is 14.3 Å². The number of rotatable bonds is 5. The van der Waals surface area contributed by atoms with E-state index in [0.29, 0.717) is 30.9 Å². The first-order valence-electron chi connectivity index (χ1n) is 10.3. The lowest BCUT2D eigenvalue weighted by Gasteiger charge is -2.31. The molecular weight excluding hydrogens is 376 g/mol. The zero-order chi connectivity index (χ0) is 21.1. The highest BCUT2D eigenvalue weighted by molar-refractivity contribution is 6.00. The van der Waals surface area contributed by atoms with Crippen LogP contribution in [0.2, 0.25) is 0 Å². The van der Waals surface area contributed by atoms with Crippen LogP contribution in [0.4, 0.5) is 0 Å². The fourth-order valence-electron chi connectivity index (χ4n) is 3.92. The number of nitrogens with two attached hydrogens (primary N) is 1. The molecule has 0 radical (unpaired) electrons. The second kappa shape index (κ2) is 8.53. The van der Waals surface area contributed by atoms with E-state index >= 15 is 0 Å². The highest BCUT2D eigenvalue weighted by Gasteiger charge is 2.30. The number of hydrogen-bond acceptors (Lipinski definition) is 3. The average Bonchev–Trinajstić information content (AvgIpc) is 3.18. The summed E-state index contributed by atoms with van der Waals surface area (Å²) in [6, 6.07) is 18.0. The van der Waals surface area contributed by atoms with Gasteiger partial charge in [-0.05, 0) is 25.3 Å². The second-order valence-electron chi connectivity index (χ2n) is 7.93. The molecule has 2 heterocycles. The van der Waals surface area contributed by atoms with E-state index in [4.69, 9.17) is 10.8 Å². The van der Waals surface area contributed by atoms with Gasteiger partial charge in [-0.25, -0.2) is 0 Å². The summed E-state index contributed by atoms with van der Waals surface area (Å²) in [7, 11) is 0. The summed E-state index contributed by atoms with van der Waals surface area (Å²) in [5, 5.41) is 4.75. The van der Waals surface area contributed by atoms with Gasteiger partial charge in [0.25, 0.3) is 5.91 Å². The van der Waals surface area contributed by atoms with Gasteiger partial charge < -0.3 is 10.6 Å². The number of aryl methyl sites for hydroxylation is 1. The van der Waals surface area contributed by atoms with E-state index in [9.17, 15) is 9.59 Å². The Bertz CT molecular complexity index is 1040. The van der Waals surface area contributed by atoms with Crippen molar-refractivity contribution in [1.29, 1.82) is 0 Å². The summed E-state index contributed by atoms with van der Waals surface area (Å²) in [6.45, 7) is 3.60. The van der Waals surface area contributed by atoms with Crippen molar-refractivity contribution >= 4 is 11.8 Å². The van der Waals surface area contributed by atoms with Gasteiger partial charge in [-0.15, -0.1) is 0 Å². The summed E-state index contributed by atoms with van der Waals surface area (Å²) in [5.41, 5.74) is 9.88. The Morgan fingerprint density at radius 3 is 2.53 bits per heavy atom. The van der Waals surface area contributed by atoms with Crippen LogP contribution in [0.3, 0.4) is 0 Å². The summed E-state index contributed by atoms with van der Waals surface area (Å²) in [4.78, 5) is 26.8. The molecule has 1 atom stereocenters. The maximum atomic E-state index is 13.4. The van der Waals surface area contributed by atoms with E-state index in [-0.39, 0.29) is 17.7 Å². The smallest absolute Gasteiger partial charge is 0.257 e. The van der Waals surface area contributed by atoms with Gasteiger partial charge in [0.05, 0.1) is 18.0 Å². The molecule has 1 aromatic heterocycles. The first-order chi connectivity index (χ1) is 14.5. The number of nitrogens with zero attached hydrogens (tertiary/aromatic N) is 3. The molecule has 1 aliphatic heterocycles. The first kappa shape index (κ1) is 19.9. The van der Waals surface area contributed by atoms with E-state index in [0.717, 1.165) is 29.5 Å². The molecule has 6 nitrogen and oxygen atoms in total. The maximum Gasteiger partial charge on any atom is 0.257 e. The average molecular weight is 402 g/mol. The van der Waals surface area contributed by atoms with Gasteiger partial charge in [0.1, 0.15) is 5.69 Å². The van der Waals surface area contributed by atoms with Gasteiger partial charge in [0, 0.05) is 24.8 Å². The standard InChI is InChI=1S/C24H26N4O2/c1-17-9-11-19(12-10-17)22-21(16-28(26-22)14-18-6-3-2-4-7-18)24(30)27-13-5-8-20(15-27)23(25)29/h2-4,6-7,9-12,16,20H,5,8,13-15H2,1H3,(H2,25,29). The van der Waals surface area contributed by atoms with Crippen LogP contribution in [0.5, 0.6) is 0 Å². The van der Waals surface area contributed by atoms with E-state index in [1.54, 1.807) is 4.90 Å². The molecule has 0 aliphatic carbocycles. The minimum absolute atomic E-state index is 0.101. The number of aromatic nitrogens is 2. The Balaban J connectivity index is 1.68. The van der Waals surface area contributed by atoms with Crippen LogP contribution in [0.25, 0.3) is 11.3 Å². The topological polar surface area (TPSA) is 81.2 Å². The molecule has 4 rings (SSSR count). The highest BCUT2D eigenvalue weighted by atomic mass is 16.2. The summed E-state index contributed by atoms with van der Waals surface area (Å²) >= 11 is 0. The third-order valence-corrected chi connectivity index (χ3v) is 5.62. The molecule has 30 heavy (non-hydrogen) atoms. The molecule has 6 heteroatoms. The molecule has 154 valence electrons. The van der Waals surface area contributed by atoms with E-state index in [1.807, 2.05) is 72.4 Å². The Morgan fingerprint density at radius 2 is 1.83 bits per heavy atom. The molecule has 0 saturated carbocycles. The lowest BCUT2D eigenvalue weighted by Crippen LogP contribution is -2.44. The molecule has 1 aliphatic rings. The van der Waals surface area contributed by atoms with Crippen LogP contribution in [-0.2, 0) is 11.3 Å². The predicted octanol–water partition coefficient (Wildman–Crippen LogP) is 3.24. The predicted molar refractivity (Wildman–Crippen MR) is 116 cm³/mol. The monoisotopic (exact) mass is 402 g/mol. The van der Waals surface area contributed by atoms with Crippen molar-refractivity contribution in [1.82, 2.24) is 14.7 Å². The van der Waals surface area contributed by atoms with E-state index in [1.165, 1.54) is 0 Å². The largest absolute Gasteiger partial charge is 0.369 e.